The standard InChI is InChI=1S/C27H30N2O5/c30-24(28-18-11-10-17(14-18)25(31)32)15-27(12-5-13-27)29-26(33)34-16-23-21-8-3-1-6-19(21)20-7-2-4-9-22(20)23/h1-4,6-9,17-18,23H,5,10-16H2,(H,28,30)(H,29,33)(H,31,32). The molecule has 0 aliphatic heterocycles. The van der Waals surface area contributed by atoms with Crippen LogP contribution in [-0.4, -0.2) is 41.3 Å². The minimum absolute atomic E-state index is 0.0108. The van der Waals surface area contributed by atoms with Crippen molar-refractivity contribution >= 4 is 18.0 Å². The number of hydrogen-bond acceptors (Lipinski definition) is 4. The van der Waals surface area contributed by atoms with Crippen LogP contribution in [0.1, 0.15) is 62.0 Å². The largest absolute Gasteiger partial charge is 0.481 e. The third-order valence-corrected chi connectivity index (χ3v) is 7.67. The number of fused-ring (bicyclic) bond motifs is 3. The van der Waals surface area contributed by atoms with Crippen molar-refractivity contribution in [3.8, 4) is 11.1 Å². The monoisotopic (exact) mass is 462 g/mol. The Hall–Kier alpha value is -3.35. The molecule has 2 amide bonds. The van der Waals surface area contributed by atoms with E-state index < -0.39 is 17.6 Å². The fourth-order valence-corrected chi connectivity index (χ4v) is 5.72. The summed E-state index contributed by atoms with van der Waals surface area (Å²) in [6.45, 7) is 0.237. The van der Waals surface area contributed by atoms with E-state index in [1.165, 1.54) is 11.1 Å². The van der Waals surface area contributed by atoms with Crippen LogP contribution in [0.4, 0.5) is 4.79 Å². The quantitative estimate of drug-likeness (QED) is 0.572. The summed E-state index contributed by atoms with van der Waals surface area (Å²) < 4.78 is 5.68. The van der Waals surface area contributed by atoms with Crippen LogP contribution in [0.3, 0.4) is 0 Å². The van der Waals surface area contributed by atoms with Crippen molar-refractivity contribution in [2.75, 3.05) is 6.61 Å². The molecule has 0 radical (unpaired) electrons. The second-order valence-electron chi connectivity index (χ2n) is 9.87. The van der Waals surface area contributed by atoms with Gasteiger partial charge in [-0.15, -0.1) is 0 Å². The summed E-state index contributed by atoms with van der Waals surface area (Å²) in [5.74, 6) is -1.34. The highest BCUT2D eigenvalue weighted by molar-refractivity contribution is 5.80. The molecule has 2 unspecified atom stereocenters. The molecule has 2 fully saturated rings. The van der Waals surface area contributed by atoms with Gasteiger partial charge >= 0.3 is 12.1 Å². The topological polar surface area (TPSA) is 105 Å². The highest BCUT2D eigenvalue weighted by Gasteiger charge is 2.42. The smallest absolute Gasteiger partial charge is 0.407 e. The Labute approximate surface area is 198 Å². The first kappa shape index (κ1) is 22.4. The first-order valence-corrected chi connectivity index (χ1v) is 12.1. The van der Waals surface area contributed by atoms with Crippen molar-refractivity contribution in [2.45, 2.75) is 62.4 Å². The third-order valence-electron chi connectivity index (χ3n) is 7.67. The molecule has 3 aliphatic rings. The van der Waals surface area contributed by atoms with E-state index in [2.05, 4.69) is 34.9 Å². The fraction of sp³-hybridized carbons (Fsp3) is 0.444. The van der Waals surface area contributed by atoms with E-state index in [0.29, 0.717) is 19.3 Å². The Balaban J connectivity index is 1.17. The van der Waals surface area contributed by atoms with E-state index in [0.717, 1.165) is 30.4 Å². The van der Waals surface area contributed by atoms with Gasteiger partial charge in [-0.05, 0) is 60.8 Å². The van der Waals surface area contributed by atoms with Gasteiger partial charge < -0.3 is 20.5 Å². The van der Waals surface area contributed by atoms with Crippen LogP contribution >= 0.6 is 0 Å². The Morgan fingerprint density at radius 3 is 2.18 bits per heavy atom. The number of benzene rings is 2. The first-order valence-electron chi connectivity index (χ1n) is 12.1. The summed E-state index contributed by atoms with van der Waals surface area (Å²) >= 11 is 0. The van der Waals surface area contributed by atoms with Gasteiger partial charge in [0.25, 0.3) is 0 Å². The summed E-state index contributed by atoms with van der Waals surface area (Å²) in [7, 11) is 0. The number of amides is 2. The van der Waals surface area contributed by atoms with Gasteiger partial charge in [0.1, 0.15) is 6.61 Å². The van der Waals surface area contributed by atoms with Crippen LogP contribution in [0, 0.1) is 5.92 Å². The maximum atomic E-state index is 12.7. The molecule has 0 aromatic heterocycles. The SMILES string of the molecule is O=C(CC1(NC(=O)OCC2c3ccccc3-c3ccccc32)CCC1)NC1CCC(C(=O)O)C1. The zero-order chi connectivity index (χ0) is 23.7. The number of aliphatic carboxylic acids is 1. The number of carboxylic acids is 1. The molecule has 0 bridgehead atoms. The predicted molar refractivity (Wildman–Crippen MR) is 126 cm³/mol. The number of alkyl carbamates (subject to hydrolysis) is 1. The molecule has 5 rings (SSSR count). The Kier molecular flexibility index (Phi) is 6.02. The third kappa shape index (κ3) is 4.39. The molecule has 2 aromatic rings. The minimum Gasteiger partial charge on any atom is -0.481 e. The summed E-state index contributed by atoms with van der Waals surface area (Å²) in [5.41, 5.74) is 4.08. The van der Waals surface area contributed by atoms with Gasteiger partial charge in [-0.2, -0.15) is 0 Å². The van der Waals surface area contributed by atoms with E-state index in [1.54, 1.807) is 0 Å². The highest BCUT2D eigenvalue weighted by Crippen LogP contribution is 2.44. The van der Waals surface area contributed by atoms with E-state index in [1.807, 2.05) is 24.3 Å². The molecule has 0 saturated heterocycles. The number of hydrogen-bond donors (Lipinski definition) is 3. The molecule has 7 heteroatoms. The minimum atomic E-state index is -0.802. The molecule has 34 heavy (non-hydrogen) atoms. The molecule has 0 heterocycles. The molecule has 2 saturated carbocycles. The number of carbonyl (C=O) groups is 3. The zero-order valence-corrected chi connectivity index (χ0v) is 19.1. The van der Waals surface area contributed by atoms with Crippen LogP contribution in [0.2, 0.25) is 0 Å². The van der Waals surface area contributed by atoms with Crippen molar-refractivity contribution < 1.29 is 24.2 Å². The molecule has 2 aromatic carbocycles. The number of ether oxygens (including phenoxy) is 1. The Bertz CT molecular complexity index is 1060. The number of rotatable bonds is 7. The van der Waals surface area contributed by atoms with E-state index in [4.69, 9.17) is 9.84 Å². The Morgan fingerprint density at radius 2 is 1.62 bits per heavy atom. The second-order valence-corrected chi connectivity index (χ2v) is 9.87. The molecule has 178 valence electrons. The van der Waals surface area contributed by atoms with Crippen molar-refractivity contribution in [1.82, 2.24) is 10.6 Å². The molecular weight excluding hydrogens is 432 g/mol. The van der Waals surface area contributed by atoms with Gasteiger partial charge in [0.15, 0.2) is 0 Å². The second kappa shape index (κ2) is 9.12. The van der Waals surface area contributed by atoms with Crippen molar-refractivity contribution in [2.24, 2.45) is 5.92 Å². The number of carboxylic acid groups (broad SMARTS) is 1. The summed E-state index contributed by atoms with van der Waals surface area (Å²) in [6, 6.07) is 16.3. The van der Waals surface area contributed by atoms with Gasteiger partial charge in [0.2, 0.25) is 5.91 Å². The van der Waals surface area contributed by atoms with Gasteiger partial charge in [0.05, 0.1) is 11.5 Å². The summed E-state index contributed by atoms with van der Waals surface area (Å²) in [6.07, 6.45) is 3.82. The first-order chi connectivity index (χ1) is 16.4. The van der Waals surface area contributed by atoms with Crippen LogP contribution in [0.15, 0.2) is 48.5 Å². The molecular formula is C27H30N2O5. The lowest BCUT2D eigenvalue weighted by molar-refractivity contribution is -0.141. The molecule has 3 N–H and O–H groups in total. The van der Waals surface area contributed by atoms with Gasteiger partial charge in [-0.3, -0.25) is 9.59 Å². The van der Waals surface area contributed by atoms with Crippen LogP contribution in [0.5, 0.6) is 0 Å². The van der Waals surface area contributed by atoms with Crippen LogP contribution < -0.4 is 10.6 Å². The normalized spacial score (nSPS) is 22.2. The van der Waals surface area contributed by atoms with Crippen molar-refractivity contribution in [3.63, 3.8) is 0 Å². The molecule has 3 aliphatic carbocycles. The van der Waals surface area contributed by atoms with E-state index in [9.17, 15) is 14.4 Å². The van der Waals surface area contributed by atoms with Gasteiger partial charge in [-0.25, -0.2) is 4.79 Å². The highest BCUT2D eigenvalue weighted by atomic mass is 16.5. The Morgan fingerprint density at radius 1 is 0.971 bits per heavy atom. The van der Waals surface area contributed by atoms with Gasteiger partial charge in [0, 0.05) is 18.4 Å². The van der Waals surface area contributed by atoms with Gasteiger partial charge in [-0.1, -0.05) is 48.5 Å². The summed E-state index contributed by atoms with van der Waals surface area (Å²) in [5, 5.41) is 15.1. The van der Waals surface area contributed by atoms with Crippen molar-refractivity contribution in [3.05, 3.63) is 59.7 Å². The number of carbonyl (C=O) groups excluding carboxylic acids is 2. The van der Waals surface area contributed by atoms with Crippen LogP contribution in [0.25, 0.3) is 11.1 Å². The van der Waals surface area contributed by atoms with Crippen molar-refractivity contribution in [1.29, 1.82) is 0 Å². The lowest BCUT2D eigenvalue weighted by atomic mass is 9.74. The average molecular weight is 463 g/mol. The maximum Gasteiger partial charge on any atom is 0.407 e. The van der Waals surface area contributed by atoms with Crippen LogP contribution in [-0.2, 0) is 14.3 Å². The molecule has 2 atom stereocenters. The van der Waals surface area contributed by atoms with E-state index in [-0.39, 0.29) is 36.8 Å². The zero-order valence-electron chi connectivity index (χ0n) is 19.1. The lowest BCUT2D eigenvalue weighted by Gasteiger charge is -2.41. The lowest BCUT2D eigenvalue weighted by Crippen LogP contribution is -2.56. The average Bonchev–Trinajstić information content (AvgIpc) is 3.39. The number of nitrogens with one attached hydrogen (secondary N) is 2. The predicted octanol–water partition coefficient (Wildman–Crippen LogP) is 4.21. The molecule has 7 nitrogen and oxygen atoms in total. The van der Waals surface area contributed by atoms with E-state index >= 15 is 0 Å². The maximum absolute atomic E-state index is 12.7. The fourth-order valence-electron chi connectivity index (χ4n) is 5.72. The summed E-state index contributed by atoms with van der Waals surface area (Å²) in [4.78, 5) is 36.6. The molecule has 0 spiro atoms.